The summed E-state index contributed by atoms with van der Waals surface area (Å²) in [6, 6.07) is 0.891. The summed E-state index contributed by atoms with van der Waals surface area (Å²) in [6.45, 7) is 3.42. The van der Waals surface area contributed by atoms with Crippen LogP contribution < -0.4 is 5.32 Å². The Balaban J connectivity index is 1.71. The van der Waals surface area contributed by atoms with E-state index in [2.05, 4.69) is 12.2 Å². The minimum absolute atomic E-state index is 0.891. The molecule has 2 heteroatoms. The summed E-state index contributed by atoms with van der Waals surface area (Å²) in [5.41, 5.74) is 0. The van der Waals surface area contributed by atoms with Crippen LogP contribution >= 0.6 is 11.8 Å². The summed E-state index contributed by atoms with van der Waals surface area (Å²) >= 11 is 2.02. The highest BCUT2D eigenvalue weighted by Gasteiger charge is 2.19. The normalized spacial score (nSPS) is 18.3. The van der Waals surface area contributed by atoms with Crippen LogP contribution in [0.1, 0.15) is 19.8 Å². The number of nitrogens with one attached hydrogen (secondary N) is 1. The average Bonchev–Trinajstić information content (AvgIpc) is 2.63. The van der Waals surface area contributed by atoms with Gasteiger partial charge in [-0.05, 0) is 18.6 Å². The van der Waals surface area contributed by atoms with Crippen molar-refractivity contribution in [3.63, 3.8) is 0 Å². The Kier molecular flexibility index (Phi) is 3.44. The fraction of sp³-hybridized carbons (Fsp3) is 1.00. The fourth-order valence-corrected chi connectivity index (χ4v) is 1.32. The van der Waals surface area contributed by atoms with Gasteiger partial charge in [0.15, 0.2) is 0 Å². The van der Waals surface area contributed by atoms with E-state index >= 15 is 0 Å². The van der Waals surface area contributed by atoms with Crippen LogP contribution in [0.3, 0.4) is 0 Å². The van der Waals surface area contributed by atoms with Crippen LogP contribution in [0.4, 0.5) is 0 Å². The average molecular weight is 145 g/mol. The third-order valence-electron chi connectivity index (χ3n) is 1.46. The fourth-order valence-electron chi connectivity index (χ4n) is 0.767. The summed E-state index contributed by atoms with van der Waals surface area (Å²) in [7, 11) is 0. The molecule has 0 atom stereocenters. The lowest BCUT2D eigenvalue weighted by molar-refractivity contribution is 0.726. The van der Waals surface area contributed by atoms with E-state index in [1.54, 1.807) is 0 Å². The van der Waals surface area contributed by atoms with Crippen molar-refractivity contribution in [1.29, 1.82) is 0 Å². The van der Waals surface area contributed by atoms with E-state index in [0.29, 0.717) is 0 Å². The van der Waals surface area contributed by atoms with Gasteiger partial charge in [0.2, 0.25) is 0 Å². The van der Waals surface area contributed by atoms with E-state index in [1.165, 1.54) is 30.9 Å². The van der Waals surface area contributed by atoms with Gasteiger partial charge in [-0.15, -0.1) is 0 Å². The van der Waals surface area contributed by atoms with Crippen LogP contribution in [0.25, 0.3) is 0 Å². The van der Waals surface area contributed by atoms with Crippen LogP contribution in [0.2, 0.25) is 0 Å². The molecule has 1 rings (SSSR count). The van der Waals surface area contributed by atoms with Crippen molar-refractivity contribution >= 4 is 11.8 Å². The first kappa shape index (κ1) is 7.42. The molecule has 0 unspecified atom stereocenters. The van der Waals surface area contributed by atoms with Crippen LogP contribution in [0.5, 0.6) is 0 Å². The molecule has 0 aromatic carbocycles. The highest BCUT2D eigenvalue weighted by atomic mass is 32.2. The minimum Gasteiger partial charge on any atom is -0.313 e. The smallest absolute Gasteiger partial charge is 0.00685 e. The van der Waals surface area contributed by atoms with Gasteiger partial charge in [-0.2, -0.15) is 11.8 Å². The van der Waals surface area contributed by atoms with Gasteiger partial charge in [0, 0.05) is 18.3 Å². The number of hydrogen-bond donors (Lipinski definition) is 1. The van der Waals surface area contributed by atoms with E-state index in [1.807, 2.05) is 11.8 Å². The lowest BCUT2D eigenvalue weighted by Crippen LogP contribution is -2.19. The van der Waals surface area contributed by atoms with Crippen LogP contribution in [-0.4, -0.2) is 24.1 Å². The van der Waals surface area contributed by atoms with Gasteiger partial charge in [-0.3, -0.25) is 0 Å². The van der Waals surface area contributed by atoms with E-state index in [0.717, 1.165) is 6.04 Å². The molecule has 0 aromatic rings. The second-order valence-corrected chi connectivity index (χ2v) is 3.82. The maximum atomic E-state index is 3.47. The standard InChI is InChI=1S/C7H15NS/c1-2-9-6-5-8-7-3-4-7/h7-8H,2-6H2,1H3. The number of rotatable bonds is 5. The zero-order chi connectivity index (χ0) is 6.53. The predicted octanol–water partition coefficient (Wildman–Crippen LogP) is 1.49. The zero-order valence-electron chi connectivity index (χ0n) is 6.02. The molecular formula is C7H15NS. The molecule has 0 heterocycles. The summed E-state index contributed by atoms with van der Waals surface area (Å²) in [5, 5.41) is 3.47. The third kappa shape index (κ3) is 3.82. The molecule has 1 aliphatic rings. The molecular weight excluding hydrogens is 130 g/mol. The molecule has 0 aliphatic heterocycles. The van der Waals surface area contributed by atoms with Crippen molar-refractivity contribution in [2.75, 3.05) is 18.1 Å². The van der Waals surface area contributed by atoms with Crippen LogP contribution in [-0.2, 0) is 0 Å². The van der Waals surface area contributed by atoms with E-state index in [9.17, 15) is 0 Å². The van der Waals surface area contributed by atoms with Crippen molar-refractivity contribution in [3.8, 4) is 0 Å². The first-order valence-corrected chi connectivity index (χ1v) is 4.90. The molecule has 0 saturated heterocycles. The Labute approximate surface area is 61.6 Å². The molecule has 0 spiro atoms. The molecule has 1 aliphatic carbocycles. The molecule has 1 nitrogen and oxygen atoms in total. The predicted molar refractivity (Wildman–Crippen MR) is 44.0 cm³/mol. The highest BCUT2D eigenvalue weighted by Crippen LogP contribution is 2.18. The summed E-state index contributed by atoms with van der Waals surface area (Å²) in [6.07, 6.45) is 2.83. The van der Waals surface area contributed by atoms with Crippen molar-refractivity contribution < 1.29 is 0 Å². The molecule has 54 valence electrons. The summed E-state index contributed by atoms with van der Waals surface area (Å²) in [4.78, 5) is 0. The second-order valence-electron chi connectivity index (χ2n) is 2.43. The molecule has 9 heavy (non-hydrogen) atoms. The van der Waals surface area contributed by atoms with E-state index < -0.39 is 0 Å². The number of thioether (sulfide) groups is 1. The van der Waals surface area contributed by atoms with Gasteiger partial charge in [-0.25, -0.2) is 0 Å². The minimum atomic E-state index is 0.891. The summed E-state index contributed by atoms with van der Waals surface area (Å²) < 4.78 is 0. The van der Waals surface area contributed by atoms with Crippen LogP contribution in [0.15, 0.2) is 0 Å². The quantitative estimate of drug-likeness (QED) is 0.588. The van der Waals surface area contributed by atoms with Crippen molar-refractivity contribution in [2.24, 2.45) is 0 Å². The third-order valence-corrected chi connectivity index (χ3v) is 2.36. The van der Waals surface area contributed by atoms with Crippen molar-refractivity contribution in [2.45, 2.75) is 25.8 Å². The van der Waals surface area contributed by atoms with Crippen molar-refractivity contribution in [3.05, 3.63) is 0 Å². The first-order chi connectivity index (χ1) is 4.43. The molecule has 1 N–H and O–H groups in total. The largest absolute Gasteiger partial charge is 0.313 e. The maximum Gasteiger partial charge on any atom is 0.00685 e. The van der Waals surface area contributed by atoms with E-state index in [4.69, 9.17) is 0 Å². The Morgan fingerprint density at radius 1 is 1.56 bits per heavy atom. The molecule has 0 amide bonds. The Morgan fingerprint density at radius 2 is 2.33 bits per heavy atom. The zero-order valence-corrected chi connectivity index (χ0v) is 6.84. The maximum absolute atomic E-state index is 3.47. The van der Waals surface area contributed by atoms with Gasteiger partial charge in [0.1, 0.15) is 0 Å². The highest BCUT2D eigenvalue weighted by molar-refractivity contribution is 7.99. The first-order valence-electron chi connectivity index (χ1n) is 3.74. The molecule has 0 bridgehead atoms. The Bertz CT molecular complexity index is 71.3. The van der Waals surface area contributed by atoms with Gasteiger partial charge in [-0.1, -0.05) is 6.92 Å². The second kappa shape index (κ2) is 4.18. The monoisotopic (exact) mass is 145 g/mol. The lowest BCUT2D eigenvalue weighted by atomic mass is 10.6. The summed E-state index contributed by atoms with van der Waals surface area (Å²) in [5.74, 6) is 2.54. The van der Waals surface area contributed by atoms with Crippen molar-refractivity contribution in [1.82, 2.24) is 5.32 Å². The van der Waals surface area contributed by atoms with Gasteiger partial charge in [0.05, 0.1) is 0 Å². The van der Waals surface area contributed by atoms with Gasteiger partial charge in [0.25, 0.3) is 0 Å². The lowest BCUT2D eigenvalue weighted by Gasteiger charge is -1.99. The van der Waals surface area contributed by atoms with E-state index in [-0.39, 0.29) is 0 Å². The SMILES string of the molecule is CCSCCNC1CC1. The molecule has 0 aromatic heterocycles. The van der Waals surface area contributed by atoms with Crippen LogP contribution in [0, 0.1) is 0 Å². The molecule has 1 saturated carbocycles. The number of hydrogen-bond acceptors (Lipinski definition) is 2. The van der Waals surface area contributed by atoms with Gasteiger partial charge >= 0.3 is 0 Å². The van der Waals surface area contributed by atoms with Gasteiger partial charge < -0.3 is 5.32 Å². The Hall–Kier alpha value is 0.310. The molecule has 0 radical (unpaired) electrons. The molecule has 1 fully saturated rings. The Morgan fingerprint density at radius 3 is 2.89 bits per heavy atom. The topological polar surface area (TPSA) is 12.0 Å².